The second kappa shape index (κ2) is 7.57. The summed E-state index contributed by atoms with van der Waals surface area (Å²) in [6, 6.07) is 15.5. The van der Waals surface area contributed by atoms with Gasteiger partial charge in [-0.1, -0.05) is 42.5 Å². The number of hydrogen-bond donors (Lipinski definition) is 2. The standard InChI is InChI=1S/C17H20N2O2/c1-21-12-15-8-3-2-6-13(15)10-19-11-14-7-4-5-9-16(14)17(18)20/h2-9,19H,10-12H2,1H3,(H2,18,20). The van der Waals surface area contributed by atoms with Crippen LogP contribution in [0, 0.1) is 0 Å². The number of rotatable bonds is 7. The van der Waals surface area contributed by atoms with Crippen LogP contribution in [0.3, 0.4) is 0 Å². The molecule has 0 unspecified atom stereocenters. The Morgan fingerprint density at radius 2 is 1.57 bits per heavy atom. The van der Waals surface area contributed by atoms with Gasteiger partial charge in [-0.05, 0) is 22.8 Å². The minimum atomic E-state index is -0.396. The summed E-state index contributed by atoms with van der Waals surface area (Å²) in [6.45, 7) is 1.91. The van der Waals surface area contributed by atoms with Gasteiger partial charge in [-0.15, -0.1) is 0 Å². The number of carbonyl (C=O) groups is 1. The van der Waals surface area contributed by atoms with Gasteiger partial charge in [0.25, 0.3) is 0 Å². The predicted octanol–water partition coefficient (Wildman–Crippen LogP) is 2.22. The highest BCUT2D eigenvalue weighted by molar-refractivity contribution is 5.94. The zero-order chi connectivity index (χ0) is 15.1. The van der Waals surface area contributed by atoms with E-state index in [0.717, 1.165) is 11.1 Å². The SMILES string of the molecule is COCc1ccccc1CNCc1ccccc1C(N)=O. The highest BCUT2D eigenvalue weighted by Gasteiger charge is 2.07. The smallest absolute Gasteiger partial charge is 0.249 e. The zero-order valence-corrected chi connectivity index (χ0v) is 12.1. The van der Waals surface area contributed by atoms with Crippen molar-refractivity contribution in [1.82, 2.24) is 5.32 Å². The second-order valence-electron chi connectivity index (χ2n) is 4.83. The van der Waals surface area contributed by atoms with E-state index in [4.69, 9.17) is 10.5 Å². The third-order valence-corrected chi connectivity index (χ3v) is 3.33. The van der Waals surface area contributed by atoms with Crippen LogP contribution < -0.4 is 11.1 Å². The van der Waals surface area contributed by atoms with E-state index in [0.29, 0.717) is 25.3 Å². The third kappa shape index (κ3) is 4.15. The molecule has 2 aromatic rings. The van der Waals surface area contributed by atoms with E-state index in [-0.39, 0.29) is 0 Å². The molecule has 0 spiro atoms. The van der Waals surface area contributed by atoms with Crippen LogP contribution in [0.2, 0.25) is 0 Å². The normalized spacial score (nSPS) is 10.5. The molecule has 0 saturated carbocycles. The number of amides is 1. The van der Waals surface area contributed by atoms with E-state index in [2.05, 4.69) is 17.4 Å². The van der Waals surface area contributed by atoms with Gasteiger partial charge in [0.15, 0.2) is 0 Å². The number of primary amides is 1. The number of hydrogen-bond acceptors (Lipinski definition) is 3. The lowest BCUT2D eigenvalue weighted by molar-refractivity contribution is 0.0999. The lowest BCUT2D eigenvalue weighted by Crippen LogP contribution is -2.19. The van der Waals surface area contributed by atoms with Crippen molar-refractivity contribution in [1.29, 1.82) is 0 Å². The summed E-state index contributed by atoms with van der Waals surface area (Å²) in [4.78, 5) is 11.4. The van der Waals surface area contributed by atoms with Gasteiger partial charge in [0.1, 0.15) is 0 Å². The van der Waals surface area contributed by atoms with Crippen LogP contribution >= 0.6 is 0 Å². The maximum atomic E-state index is 11.4. The molecule has 4 heteroatoms. The van der Waals surface area contributed by atoms with Crippen molar-refractivity contribution in [2.24, 2.45) is 5.73 Å². The number of methoxy groups -OCH3 is 1. The lowest BCUT2D eigenvalue weighted by Gasteiger charge is -2.11. The number of nitrogens with one attached hydrogen (secondary N) is 1. The average Bonchev–Trinajstić information content (AvgIpc) is 2.49. The summed E-state index contributed by atoms with van der Waals surface area (Å²) in [6.07, 6.45) is 0. The third-order valence-electron chi connectivity index (χ3n) is 3.33. The Morgan fingerprint density at radius 3 is 2.24 bits per heavy atom. The van der Waals surface area contributed by atoms with Crippen LogP contribution in [0.15, 0.2) is 48.5 Å². The molecule has 110 valence electrons. The molecule has 1 amide bonds. The molecule has 0 aliphatic heterocycles. The Balaban J connectivity index is 2.01. The van der Waals surface area contributed by atoms with Crippen molar-refractivity contribution in [2.45, 2.75) is 19.7 Å². The fraction of sp³-hybridized carbons (Fsp3) is 0.235. The molecule has 0 aliphatic carbocycles. The van der Waals surface area contributed by atoms with Crippen molar-refractivity contribution in [3.05, 3.63) is 70.8 Å². The first-order valence-electron chi connectivity index (χ1n) is 6.86. The number of benzene rings is 2. The van der Waals surface area contributed by atoms with E-state index in [9.17, 15) is 4.79 Å². The van der Waals surface area contributed by atoms with Gasteiger partial charge in [-0.25, -0.2) is 0 Å². The fourth-order valence-corrected chi connectivity index (χ4v) is 2.27. The highest BCUT2D eigenvalue weighted by Crippen LogP contribution is 2.11. The van der Waals surface area contributed by atoms with Crippen LogP contribution in [-0.4, -0.2) is 13.0 Å². The molecule has 0 heterocycles. The molecule has 2 aromatic carbocycles. The van der Waals surface area contributed by atoms with Gasteiger partial charge in [-0.2, -0.15) is 0 Å². The Bertz CT molecular complexity index is 611. The molecular weight excluding hydrogens is 264 g/mol. The van der Waals surface area contributed by atoms with Gasteiger partial charge in [0.05, 0.1) is 6.61 Å². The lowest BCUT2D eigenvalue weighted by atomic mass is 10.1. The second-order valence-corrected chi connectivity index (χ2v) is 4.83. The van der Waals surface area contributed by atoms with Crippen LogP contribution in [0.1, 0.15) is 27.0 Å². The number of nitrogens with two attached hydrogens (primary N) is 1. The van der Waals surface area contributed by atoms with Gasteiger partial charge in [0.2, 0.25) is 5.91 Å². The van der Waals surface area contributed by atoms with E-state index < -0.39 is 5.91 Å². The molecule has 0 radical (unpaired) electrons. The maximum absolute atomic E-state index is 11.4. The van der Waals surface area contributed by atoms with Crippen molar-refractivity contribution in [3.63, 3.8) is 0 Å². The fourth-order valence-electron chi connectivity index (χ4n) is 2.27. The molecule has 0 bridgehead atoms. The van der Waals surface area contributed by atoms with E-state index >= 15 is 0 Å². The topological polar surface area (TPSA) is 64.3 Å². The van der Waals surface area contributed by atoms with Crippen molar-refractivity contribution in [2.75, 3.05) is 7.11 Å². The van der Waals surface area contributed by atoms with Gasteiger partial charge in [0, 0.05) is 25.8 Å². The highest BCUT2D eigenvalue weighted by atomic mass is 16.5. The van der Waals surface area contributed by atoms with Crippen LogP contribution in [0.5, 0.6) is 0 Å². The predicted molar refractivity (Wildman–Crippen MR) is 82.7 cm³/mol. The Kier molecular flexibility index (Phi) is 5.49. The minimum absolute atomic E-state index is 0.396. The monoisotopic (exact) mass is 284 g/mol. The zero-order valence-electron chi connectivity index (χ0n) is 12.1. The summed E-state index contributed by atoms with van der Waals surface area (Å²) < 4.78 is 5.19. The molecule has 21 heavy (non-hydrogen) atoms. The first-order valence-corrected chi connectivity index (χ1v) is 6.86. The molecule has 0 atom stereocenters. The quantitative estimate of drug-likeness (QED) is 0.819. The number of carbonyl (C=O) groups excluding carboxylic acids is 1. The molecule has 0 fully saturated rings. The Hall–Kier alpha value is -2.17. The van der Waals surface area contributed by atoms with Crippen molar-refractivity contribution >= 4 is 5.91 Å². The average molecular weight is 284 g/mol. The van der Waals surface area contributed by atoms with Crippen molar-refractivity contribution < 1.29 is 9.53 Å². The molecule has 0 aliphatic rings. The first kappa shape index (κ1) is 15.2. The Labute approximate surface area is 124 Å². The summed E-state index contributed by atoms with van der Waals surface area (Å²) in [7, 11) is 1.69. The van der Waals surface area contributed by atoms with E-state index in [1.54, 1.807) is 13.2 Å². The van der Waals surface area contributed by atoms with Crippen LogP contribution in [0.4, 0.5) is 0 Å². The largest absolute Gasteiger partial charge is 0.380 e. The summed E-state index contributed by atoms with van der Waals surface area (Å²) in [5.74, 6) is -0.396. The molecular formula is C17H20N2O2. The summed E-state index contributed by atoms with van der Waals surface area (Å²) in [5.41, 5.74) is 9.21. The molecule has 0 aromatic heterocycles. The van der Waals surface area contributed by atoms with Crippen LogP contribution in [0.25, 0.3) is 0 Å². The van der Waals surface area contributed by atoms with Gasteiger partial charge in [-0.3, -0.25) is 4.79 Å². The maximum Gasteiger partial charge on any atom is 0.249 e. The molecule has 3 N–H and O–H groups in total. The minimum Gasteiger partial charge on any atom is -0.380 e. The van der Waals surface area contributed by atoms with Gasteiger partial charge < -0.3 is 15.8 Å². The van der Waals surface area contributed by atoms with E-state index in [1.807, 2.05) is 30.3 Å². The van der Waals surface area contributed by atoms with E-state index in [1.165, 1.54) is 5.56 Å². The summed E-state index contributed by atoms with van der Waals surface area (Å²) >= 11 is 0. The first-order chi connectivity index (χ1) is 10.2. The molecule has 4 nitrogen and oxygen atoms in total. The molecule has 0 saturated heterocycles. The Morgan fingerprint density at radius 1 is 1.00 bits per heavy atom. The van der Waals surface area contributed by atoms with Gasteiger partial charge >= 0.3 is 0 Å². The summed E-state index contributed by atoms with van der Waals surface area (Å²) in [5, 5.41) is 3.35. The number of ether oxygens (including phenoxy) is 1. The van der Waals surface area contributed by atoms with Crippen molar-refractivity contribution in [3.8, 4) is 0 Å². The van der Waals surface area contributed by atoms with Crippen LogP contribution in [-0.2, 0) is 24.4 Å². The molecule has 2 rings (SSSR count).